The second kappa shape index (κ2) is 6.42. The first-order valence-electron chi connectivity index (χ1n) is 6.18. The molecule has 0 unspecified atom stereocenters. The number of rotatable bonds is 4. The molecule has 0 aliphatic rings. The summed E-state index contributed by atoms with van der Waals surface area (Å²) in [6.45, 7) is 1.71. The number of hydrogen-bond acceptors (Lipinski definition) is 5. The lowest BCUT2D eigenvalue weighted by atomic mass is 10.1. The molecule has 0 spiro atoms. The minimum atomic E-state index is -0.456. The number of aromatic hydroxyl groups is 1. The zero-order chi connectivity index (χ0) is 15.2. The highest BCUT2D eigenvalue weighted by molar-refractivity contribution is 5.99. The van der Waals surface area contributed by atoms with Gasteiger partial charge in [0.05, 0.1) is 16.8 Å². The van der Waals surface area contributed by atoms with E-state index in [9.17, 15) is 15.2 Å². The molecule has 0 saturated carbocycles. The van der Waals surface area contributed by atoms with E-state index < -0.39 is 4.92 Å². The summed E-state index contributed by atoms with van der Waals surface area (Å²) in [6.07, 6.45) is 1.43. The Kier molecular flexibility index (Phi) is 4.40. The van der Waals surface area contributed by atoms with E-state index in [0.29, 0.717) is 16.8 Å². The van der Waals surface area contributed by atoms with Crippen LogP contribution in [0.5, 0.6) is 5.75 Å². The van der Waals surface area contributed by atoms with Crippen molar-refractivity contribution in [3.63, 3.8) is 0 Å². The molecule has 2 rings (SSSR count). The summed E-state index contributed by atoms with van der Waals surface area (Å²) < 4.78 is 0. The first-order chi connectivity index (χ1) is 10.1. The number of nitrogens with zero attached hydrogens (tertiary/aromatic N) is 3. The number of para-hydroxylation sites is 1. The monoisotopic (exact) mass is 283 g/mol. The SMILES string of the molecule is CC(=NN=Cc1ccccc1O)c1cccc([N+](=O)[O-])c1. The quantitative estimate of drug-likeness (QED) is 0.531. The maximum atomic E-state index is 10.7. The maximum Gasteiger partial charge on any atom is 0.270 e. The van der Waals surface area contributed by atoms with Gasteiger partial charge in [0.1, 0.15) is 5.75 Å². The first kappa shape index (κ1) is 14.4. The van der Waals surface area contributed by atoms with Crippen LogP contribution >= 0.6 is 0 Å². The van der Waals surface area contributed by atoms with E-state index in [4.69, 9.17) is 0 Å². The van der Waals surface area contributed by atoms with E-state index in [1.807, 2.05) is 0 Å². The number of nitro benzene ring substituents is 1. The molecule has 0 fully saturated rings. The van der Waals surface area contributed by atoms with Crippen LogP contribution in [0, 0.1) is 10.1 Å². The normalized spacial score (nSPS) is 11.8. The Morgan fingerprint density at radius 3 is 2.71 bits per heavy atom. The van der Waals surface area contributed by atoms with E-state index >= 15 is 0 Å². The fourth-order valence-electron chi connectivity index (χ4n) is 1.68. The summed E-state index contributed by atoms with van der Waals surface area (Å²) >= 11 is 0. The van der Waals surface area contributed by atoms with Crippen molar-refractivity contribution >= 4 is 17.6 Å². The fraction of sp³-hybridized carbons (Fsp3) is 0.0667. The Bertz CT molecular complexity index is 724. The highest BCUT2D eigenvalue weighted by atomic mass is 16.6. The molecule has 0 aromatic heterocycles. The first-order valence-corrected chi connectivity index (χ1v) is 6.18. The van der Waals surface area contributed by atoms with Crippen molar-refractivity contribution in [3.05, 3.63) is 69.8 Å². The number of hydrogen-bond donors (Lipinski definition) is 1. The van der Waals surface area contributed by atoms with Gasteiger partial charge in [-0.2, -0.15) is 10.2 Å². The van der Waals surface area contributed by atoms with Crippen molar-refractivity contribution in [3.8, 4) is 5.75 Å². The summed E-state index contributed by atoms with van der Waals surface area (Å²) in [4.78, 5) is 10.3. The van der Waals surface area contributed by atoms with E-state index in [2.05, 4.69) is 10.2 Å². The van der Waals surface area contributed by atoms with E-state index in [0.717, 1.165) is 0 Å². The Morgan fingerprint density at radius 1 is 1.24 bits per heavy atom. The number of benzene rings is 2. The Morgan fingerprint density at radius 2 is 2.00 bits per heavy atom. The molecule has 2 aromatic carbocycles. The molecule has 6 heteroatoms. The van der Waals surface area contributed by atoms with Crippen molar-refractivity contribution in [2.75, 3.05) is 0 Å². The third-order valence-corrected chi connectivity index (χ3v) is 2.82. The molecular formula is C15H13N3O3. The van der Waals surface area contributed by atoms with Crippen LogP contribution in [0.15, 0.2) is 58.7 Å². The number of nitro groups is 1. The Labute approximate surface area is 121 Å². The smallest absolute Gasteiger partial charge is 0.270 e. The molecular weight excluding hydrogens is 270 g/mol. The molecule has 0 amide bonds. The van der Waals surface area contributed by atoms with Crippen LogP contribution in [0.1, 0.15) is 18.1 Å². The topological polar surface area (TPSA) is 88.1 Å². The third-order valence-electron chi connectivity index (χ3n) is 2.82. The van der Waals surface area contributed by atoms with E-state index in [1.54, 1.807) is 43.3 Å². The summed E-state index contributed by atoms with van der Waals surface area (Å²) in [5, 5.41) is 28.2. The van der Waals surface area contributed by atoms with Gasteiger partial charge >= 0.3 is 0 Å². The average molecular weight is 283 g/mol. The van der Waals surface area contributed by atoms with Gasteiger partial charge in [-0.05, 0) is 19.1 Å². The molecule has 2 aromatic rings. The zero-order valence-electron chi connectivity index (χ0n) is 11.3. The molecule has 0 aliphatic heterocycles. The zero-order valence-corrected chi connectivity index (χ0v) is 11.3. The van der Waals surface area contributed by atoms with Gasteiger partial charge in [-0.1, -0.05) is 24.3 Å². The maximum absolute atomic E-state index is 10.7. The van der Waals surface area contributed by atoms with Crippen molar-refractivity contribution in [1.82, 2.24) is 0 Å². The van der Waals surface area contributed by atoms with Crippen LogP contribution in [-0.4, -0.2) is 22.0 Å². The molecule has 0 heterocycles. The standard InChI is InChI=1S/C15H13N3O3/c1-11(12-6-4-7-14(9-12)18(20)21)17-16-10-13-5-2-3-8-15(13)19/h2-10,19H,1H3. The van der Waals surface area contributed by atoms with Crippen LogP contribution < -0.4 is 0 Å². The summed E-state index contributed by atoms with van der Waals surface area (Å²) in [5.74, 6) is 0.115. The van der Waals surface area contributed by atoms with Gasteiger partial charge in [-0.15, -0.1) is 0 Å². The van der Waals surface area contributed by atoms with Crippen LogP contribution in [-0.2, 0) is 0 Å². The largest absolute Gasteiger partial charge is 0.507 e. The van der Waals surface area contributed by atoms with Gasteiger partial charge in [0.25, 0.3) is 5.69 Å². The fourth-order valence-corrected chi connectivity index (χ4v) is 1.68. The summed E-state index contributed by atoms with van der Waals surface area (Å²) in [6, 6.07) is 12.9. The molecule has 0 aliphatic carbocycles. The summed E-state index contributed by atoms with van der Waals surface area (Å²) in [5.41, 5.74) is 1.73. The minimum absolute atomic E-state index is 0.00623. The molecule has 106 valence electrons. The van der Waals surface area contributed by atoms with E-state index in [1.165, 1.54) is 18.3 Å². The van der Waals surface area contributed by atoms with Gasteiger partial charge in [0.15, 0.2) is 0 Å². The van der Waals surface area contributed by atoms with Crippen LogP contribution in [0.25, 0.3) is 0 Å². The van der Waals surface area contributed by atoms with Gasteiger partial charge in [-0.3, -0.25) is 10.1 Å². The third kappa shape index (κ3) is 3.73. The van der Waals surface area contributed by atoms with Crippen molar-refractivity contribution in [2.45, 2.75) is 6.92 Å². The molecule has 0 bridgehead atoms. The minimum Gasteiger partial charge on any atom is -0.507 e. The van der Waals surface area contributed by atoms with Crippen LogP contribution in [0.2, 0.25) is 0 Å². The summed E-state index contributed by atoms with van der Waals surface area (Å²) in [7, 11) is 0. The van der Waals surface area contributed by atoms with Gasteiger partial charge in [0.2, 0.25) is 0 Å². The molecule has 6 nitrogen and oxygen atoms in total. The second-order valence-corrected chi connectivity index (χ2v) is 4.30. The number of phenols is 1. The van der Waals surface area contributed by atoms with Crippen LogP contribution in [0.3, 0.4) is 0 Å². The van der Waals surface area contributed by atoms with Crippen molar-refractivity contribution in [1.29, 1.82) is 0 Å². The van der Waals surface area contributed by atoms with Gasteiger partial charge < -0.3 is 5.11 Å². The van der Waals surface area contributed by atoms with Gasteiger partial charge in [0, 0.05) is 23.3 Å². The van der Waals surface area contributed by atoms with Crippen molar-refractivity contribution < 1.29 is 10.0 Å². The molecule has 21 heavy (non-hydrogen) atoms. The molecule has 0 atom stereocenters. The Balaban J connectivity index is 2.20. The lowest BCUT2D eigenvalue weighted by Gasteiger charge is -1.99. The lowest BCUT2D eigenvalue weighted by molar-refractivity contribution is -0.384. The Hall–Kier alpha value is -3.02. The predicted molar refractivity (Wildman–Crippen MR) is 81.0 cm³/mol. The highest BCUT2D eigenvalue weighted by Crippen LogP contribution is 2.15. The molecule has 1 N–H and O–H groups in total. The van der Waals surface area contributed by atoms with Crippen molar-refractivity contribution in [2.24, 2.45) is 10.2 Å². The van der Waals surface area contributed by atoms with Gasteiger partial charge in [-0.25, -0.2) is 0 Å². The number of phenolic OH excluding ortho intramolecular Hbond substituents is 1. The average Bonchev–Trinajstić information content (AvgIpc) is 2.49. The highest BCUT2D eigenvalue weighted by Gasteiger charge is 2.07. The lowest BCUT2D eigenvalue weighted by Crippen LogP contribution is -1.96. The number of non-ortho nitro benzene ring substituents is 1. The predicted octanol–water partition coefficient (Wildman–Crippen LogP) is 3.14. The molecule has 0 radical (unpaired) electrons. The van der Waals surface area contributed by atoms with Crippen LogP contribution in [0.4, 0.5) is 5.69 Å². The second-order valence-electron chi connectivity index (χ2n) is 4.30. The van der Waals surface area contributed by atoms with E-state index in [-0.39, 0.29) is 11.4 Å². The molecule has 0 saturated heterocycles.